The van der Waals surface area contributed by atoms with Gasteiger partial charge in [-0.15, -0.1) is 12.6 Å². The highest BCUT2D eigenvalue weighted by molar-refractivity contribution is 7.80. The van der Waals surface area contributed by atoms with Crippen LogP contribution in [0, 0.1) is 0 Å². The average Bonchev–Trinajstić information content (AvgIpc) is 1.90. The summed E-state index contributed by atoms with van der Waals surface area (Å²) in [4.78, 5) is 3.73. The van der Waals surface area contributed by atoms with Gasteiger partial charge in [0.25, 0.3) is 0 Å². The van der Waals surface area contributed by atoms with Crippen molar-refractivity contribution < 1.29 is 4.39 Å². The minimum atomic E-state index is -1.26. The van der Waals surface area contributed by atoms with Gasteiger partial charge in [-0.25, -0.2) is 4.39 Å². The van der Waals surface area contributed by atoms with E-state index in [1.54, 1.807) is 18.2 Å². The van der Waals surface area contributed by atoms with Gasteiger partial charge < -0.3 is 0 Å². The molecule has 1 atom stereocenters. The van der Waals surface area contributed by atoms with Crippen molar-refractivity contribution in [2.75, 3.05) is 0 Å². The Morgan fingerprint density at radius 2 is 2.33 bits per heavy atom. The molecule has 48 valence electrons. The number of hydrogen-bond acceptors (Lipinski definition) is 2. The van der Waals surface area contributed by atoms with Gasteiger partial charge in [0.2, 0.25) is 0 Å². The second-order valence-electron chi connectivity index (χ2n) is 1.59. The van der Waals surface area contributed by atoms with Gasteiger partial charge in [-0.2, -0.15) is 0 Å². The second-order valence-corrected chi connectivity index (χ2v) is 2.04. The van der Waals surface area contributed by atoms with Gasteiger partial charge in [0, 0.05) is 6.20 Å². The number of hydrogen-bond donors (Lipinski definition) is 1. The average molecular weight is 143 g/mol. The van der Waals surface area contributed by atoms with E-state index >= 15 is 0 Å². The fourth-order valence-electron chi connectivity index (χ4n) is 0.517. The van der Waals surface area contributed by atoms with Crippen molar-refractivity contribution in [1.82, 2.24) is 4.98 Å². The molecule has 0 aliphatic heterocycles. The summed E-state index contributed by atoms with van der Waals surface area (Å²) in [5.41, 5.74) is -0.896. The Kier molecular flexibility index (Phi) is 2.05. The van der Waals surface area contributed by atoms with E-state index in [0.717, 1.165) is 0 Å². The second kappa shape index (κ2) is 2.82. The Labute approximate surface area is 58.3 Å². The van der Waals surface area contributed by atoms with Crippen LogP contribution in [0.5, 0.6) is 0 Å². The van der Waals surface area contributed by atoms with E-state index in [9.17, 15) is 4.39 Å². The lowest BCUT2D eigenvalue weighted by atomic mass is 10.4. The van der Waals surface area contributed by atoms with Gasteiger partial charge in [0.15, 0.2) is 5.50 Å². The van der Waals surface area contributed by atoms with E-state index in [1.165, 1.54) is 6.20 Å². The number of alkyl halides is 1. The zero-order valence-electron chi connectivity index (χ0n) is 4.66. The number of thiol groups is 1. The third-order valence-electron chi connectivity index (χ3n) is 0.932. The Bertz CT molecular complexity index is 176. The normalized spacial score (nSPS) is 13.1. The third kappa shape index (κ3) is 1.68. The fraction of sp³-hybridized carbons (Fsp3) is 0.167. The molecule has 0 saturated heterocycles. The summed E-state index contributed by atoms with van der Waals surface area (Å²) in [5.74, 6) is 0. The molecule has 1 unspecified atom stereocenters. The van der Waals surface area contributed by atoms with E-state index in [2.05, 4.69) is 17.6 Å². The van der Waals surface area contributed by atoms with Gasteiger partial charge in [0.05, 0.1) is 5.69 Å². The van der Waals surface area contributed by atoms with E-state index in [4.69, 9.17) is 0 Å². The molecule has 0 fully saturated rings. The van der Waals surface area contributed by atoms with E-state index in [0.29, 0.717) is 5.69 Å². The number of nitrogens with zero attached hydrogens (tertiary/aromatic N) is 1. The van der Waals surface area contributed by atoms with Crippen molar-refractivity contribution in [3.05, 3.63) is 30.1 Å². The topological polar surface area (TPSA) is 12.9 Å². The monoisotopic (exact) mass is 143 g/mol. The van der Waals surface area contributed by atoms with E-state index in [1.807, 2.05) is 0 Å². The van der Waals surface area contributed by atoms with E-state index < -0.39 is 5.50 Å². The van der Waals surface area contributed by atoms with Crippen LogP contribution in [0.1, 0.15) is 11.2 Å². The Morgan fingerprint density at radius 1 is 1.56 bits per heavy atom. The van der Waals surface area contributed by atoms with E-state index in [-0.39, 0.29) is 0 Å². The molecular weight excluding hydrogens is 137 g/mol. The van der Waals surface area contributed by atoms with Crippen LogP contribution in [0.2, 0.25) is 0 Å². The van der Waals surface area contributed by atoms with Crippen LogP contribution in [-0.2, 0) is 0 Å². The van der Waals surface area contributed by atoms with Crippen LogP contribution < -0.4 is 0 Å². The zero-order valence-corrected chi connectivity index (χ0v) is 5.55. The molecule has 0 bridgehead atoms. The van der Waals surface area contributed by atoms with Crippen LogP contribution in [0.15, 0.2) is 24.4 Å². The molecule has 1 aromatic rings. The lowest BCUT2D eigenvalue weighted by Crippen LogP contribution is -1.84. The molecule has 0 aromatic carbocycles. The maximum atomic E-state index is 12.2. The van der Waals surface area contributed by atoms with Crippen LogP contribution in [-0.4, -0.2) is 4.98 Å². The molecule has 3 heteroatoms. The molecule has 0 saturated carbocycles. The SMILES string of the molecule is FC(S)c1ccccn1. The smallest absolute Gasteiger partial charge is 0.185 e. The quantitative estimate of drug-likeness (QED) is 0.593. The van der Waals surface area contributed by atoms with Gasteiger partial charge in [0.1, 0.15) is 0 Å². The molecule has 1 aromatic heterocycles. The Balaban J connectivity index is 2.85. The summed E-state index contributed by atoms with van der Waals surface area (Å²) in [6.45, 7) is 0. The highest BCUT2D eigenvalue weighted by atomic mass is 32.1. The molecule has 9 heavy (non-hydrogen) atoms. The molecule has 0 aliphatic rings. The van der Waals surface area contributed by atoms with Gasteiger partial charge >= 0.3 is 0 Å². The molecule has 0 aliphatic carbocycles. The minimum Gasteiger partial charge on any atom is -0.257 e. The Morgan fingerprint density at radius 3 is 2.67 bits per heavy atom. The largest absolute Gasteiger partial charge is 0.257 e. The van der Waals surface area contributed by atoms with Gasteiger partial charge in [-0.3, -0.25) is 4.98 Å². The van der Waals surface area contributed by atoms with Crippen molar-refractivity contribution in [1.29, 1.82) is 0 Å². The van der Waals surface area contributed by atoms with Gasteiger partial charge in [-0.05, 0) is 12.1 Å². The molecule has 1 rings (SSSR count). The summed E-state index contributed by atoms with van der Waals surface area (Å²) < 4.78 is 12.2. The Hall–Kier alpha value is -0.570. The minimum absolute atomic E-state index is 0.362. The summed E-state index contributed by atoms with van der Waals surface area (Å²) in [6, 6.07) is 5.06. The van der Waals surface area contributed by atoms with Gasteiger partial charge in [-0.1, -0.05) is 6.07 Å². The van der Waals surface area contributed by atoms with Crippen molar-refractivity contribution in [3.63, 3.8) is 0 Å². The third-order valence-corrected chi connectivity index (χ3v) is 1.20. The molecule has 1 heterocycles. The first kappa shape index (κ1) is 6.55. The van der Waals surface area contributed by atoms with Crippen LogP contribution in [0.3, 0.4) is 0 Å². The summed E-state index contributed by atoms with van der Waals surface area (Å²) in [5, 5.41) is 0. The molecular formula is C6H6FNS. The van der Waals surface area contributed by atoms with Crippen LogP contribution in [0.25, 0.3) is 0 Å². The van der Waals surface area contributed by atoms with Crippen molar-refractivity contribution in [2.45, 2.75) is 5.50 Å². The van der Waals surface area contributed by atoms with Crippen LogP contribution >= 0.6 is 12.6 Å². The summed E-state index contributed by atoms with van der Waals surface area (Å²) in [7, 11) is 0. The van der Waals surface area contributed by atoms with Crippen molar-refractivity contribution in [3.8, 4) is 0 Å². The first-order valence-electron chi connectivity index (χ1n) is 2.54. The highest BCUT2D eigenvalue weighted by Gasteiger charge is 2.01. The molecule has 0 amide bonds. The molecule has 0 radical (unpaired) electrons. The van der Waals surface area contributed by atoms with Crippen molar-refractivity contribution in [2.24, 2.45) is 0 Å². The lowest BCUT2D eigenvalue weighted by Gasteiger charge is -1.96. The predicted octanol–water partition coefficient (Wildman–Crippen LogP) is 1.98. The summed E-state index contributed by atoms with van der Waals surface area (Å²) in [6.07, 6.45) is 1.54. The van der Waals surface area contributed by atoms with Crippen molar-refractivity contribution >= 4 is 12.6 Å². The zero-order chi connectivity index (χ0) is 6.69. The van der Waals surface area contributed by atoms with Crippen LogP contribution in [0.4, 0.5) is 4.39 Å². The molecule has 0 spiro atoms. The first-order chi connectivity index (χ1) is 4.30. The number of halogens is 1. The number of pyridine rings is 1. The molecule has 1 nitrogen and oxygen atoms in total. The highest BCUT2D eigenvalue weighted by Crippen LogP contribution is 2.16. The maximum Gasteiger partial charge on any atom is 0.185 e. The first-order valence-corrected chi connectivity index (χ1v) is 3.05. The number of rotatable bonds is 1. The predicted molar refractivity (Wildman–Crippen MR) is 37.1 cm³/mol. The number of aromatic nitrogens is 1. The fourth-order valence-corrected chi connectivity index (χ4v) is 0.670. The molecule has 0 N–H and O–H groups in total. The summed E-state index contributed by atoms with van der Waals surface area (Å²) >= 11 is 3.56. The lowest BCUT2D eigenvalue weighted by molar-refractivity contribution is 0.464. The maximum absolute atomic E-state index is 12.2. The standard InChI is InChI=1S/C6H6FNS/c7-6(9)5-3-1-2-4-8-5/h1-4,6,9H.